The lowest BCUT2D eigenvalue weighted by atomic mass is 9.87. The summed E-state index contributed by atoms with van der Waals surface area (Å²) in [5.74, 6) is 0.0941. The SMILES string of the molecule is CCCCCCCCC(CCCCC1CO1)C(C)(OCCCC)OCCCC. The molecule has 1 aliphatic heterocycles. The fraction of sp³-hybridized carbons (Fsp3) is 1.00. The van der Waals surface area contributed by atoms with Gasteiger partial charge in [0.2, 0.25) is 0 Å². The lowest BCUT2D eigenvalue weighted by Crippen LogP contribution is -2.41. The summed E-state index contributed by atoms with van der Waals surface area (Å²) in [5.41, 5.74) is 0. The van der Waals surface area contributed by atoms with Crippen LogP contribution in [-0.2, 0) is 14.2 Å². The monoisotopic (exact) mass is 398 g/mol. The summed E-state index contributed by atoms with van der Waals surface area (Å²) in [6, 6.07) is 0. The predicted molar refractivity (Wildman–Crippen MR) is 120 cm³/mol. The van der Waals surface area contributed by atoms with E-state index < -0.39 is 5.79 Å². The summed E-state index contributed by atoms with van der Waals surface area (Å²) in [5, 5.41) is 0. The van der Waals surface area contributed by atoms with Gasteiger partial charge in [0, 0.05) is 5.92 Å². The van der Waals surface area contributed by atoms with E-state index in [4.69, 9.17) is 14.2 Å². The van der Waals surface area contributed by atoms with Crippen molar-refractivity contribution in [3.8, 4) is 0 Å². The van der Waals surface area contributed by atoms with Crippen LogP contribution in [0.4, 0.5) is 0 Å². The van der Waals surface area contributed by atoms with Gasteiger partial charge in [-0.15, -0.1) is 0 Å². The zero-order valence-corrected chi connectivity index (χ0v) is 19.6. The topological polar surface area (TPSA) is 31.0 Å². The van der Waals surface area contributed by atoms with Gasteiger partial charge in [-0.3, -0.25) is 0 Å². The Morgan fingerprint density at radius 3 is 1.79 bits per heavy atom. The van der Waals surface area contributed by atoms with E-state index in [1.54, 1.807) is 0 Å². The second kappa shape index (κ2) is 16.7. The Bertz CT molecular complexity index is 331. The van der Waals surface area contributed by atoms with Crippen molar-refractivity contribution in [2.45, 2.75) is 136 Å². The Morgan fingerprint density at radius 2 is 1.25 bits per heavy atom. The minimum Gasteiger partial charge on any atom is -0.373 e. The molecule has 0 aromatic rings. The smallest absolute Gasteiger partial charge is 0.168 e. The van der Waals surface area contributed by atoms with Gasteiger partial charge >= 0.3 is 0 Å². The molecule has 1 fully saturated rings. The summed E-state index contributed by atoms with van der Waals surface area (Å²) < 4.78 is 18.2. The molecule has 1 rings (SSSR count). The van der Waals surface area contributed by atoms with Gasteiger partial charge in [0.1, 0.15) is 0 Å². The van der Waals surface area contributed by atoms with Gasteiger partial charge in [0.15, 0.2) is 5.79 Å². The first kappa shape index (κ1) is 25.9. The minimum atomic E-state index is -0.413. The third kappa shape index (κ3) is 12.4. The maximum Gasteiger partial charge on any atom is 0.168 e. The number of unbranched alkanes of at least 4 members (excludes halogenated alkanes) is 8. The van der Waals surface area contributed by atoms with Crippen LogP contribution in [0.3, 0.4) is 0 Å². The molecule has 1 aliphatic rings. The summed E-state index contributed by atoms with van der Waals surface area (Å²) in [4.78, 5) is 0. The van der Waals surface area contributed by atoms with Crippen LogP contribution in [0.25, 0.3) is 0 Å². The van der Waals surface area contributed by atoms with Gasteiger partial charge in [-0.25, -0.2) is 0 Å². The van der Waals surface area contributed by atoms with E-state index >= 15 is 0 Å². The van der Waals surface area contributed by atoms with E-state index in [0.29, 0.717) is 12.0 Å². The van der Waals surface area contributed by atoms with Crippen molar-refractivity contribution in [2.75, 3.05) is 19.8 Å². The number of ether oxygens (including phenoxy) is 3. The van der Waals surface area contributed by atoms with Crippen LogP contribution < -0.4 is 0 Å². The number of hydrogen-bond acceptors (Lipinski definition) is 3. The number of epoxide rings is 1. The van der Waals surface area contributed by atoms with Crippen LogP contribution in [0.15, 0.2) is 0 Å². The van der Waals surface area contributed by atoms with E-state index in [0.717, 1.165) is 32.7 Å². The Balaban J connectivity index is 2.54. The first-order chi connectivity index (χ1) is 13.7. The number of hydrogen-bond donors (Lipinski definition) is 0. The zero-order valence-electron chi connectivity index (χ0n) is 19.6. The Hall–Kier alpha value is -0.120. The third-order valence-corrected chi connectivity index (χ3v) is 6.15. The maximum atomic E-state index is 6.42. The fourth-order valence-corrected chi connectivity index (χ4v) is 3.95. The van der Waals surface area contributed by atoms with E-state index in [2.05, 4.69) is 27.7 Å². The Morgan fingerprint density at radius 1 is 0.750 bits per heavy atom. The van der Waals surface area contributed by atoms with E-state index in [1.165, 1.54) is 83.5 Å². The highest BCUT2D eigenvalue weighted by atomic mass is 16.7. The summed E-state index contributed by atoms with van der Waals surface area (Å²) >= 11 is 0. The molecule has 0 radical (unpaired) electrons. The normalized spacial score (nSPS) is 17.8. The van der Waals surface area contributed by atoms with Crippen molar-refractivity contribution in [3.63, 3.8) is 0 Å². The molecule has 28 heavy (non-hydrogen) atoms. The molecule has 2 atom stereocenters. The average Bonchev–Trinajstić information content (AvgIpc) is 3.51. The average molecular weight is 399 g/mol. The quantitative estimate of drug-likeness (QED) is 0.113. The van der Waals surface area contributed by atoms with Gasteiger partial charge in [-0.1, -0.05) is 85.0 Å². The molecule has 0 aromatic carbocycles. The van der Waals surface area contributed by atoms with Crippen LogP contribution in [0.5, 0.6) is 0 Å². The molecular weight excluding hydrogens is 348 g/mol. The molecule has 168 valence electrons. The number of rotatable bonds is 21. The lowest BCUT2D eigenvalue weighted by molar-refractivity contribution is -0.259. The standard InChI is InChI=1S/C25H50O3/c1-5-8-11-12-13-14-17-23(18-15-16-19-24-22-26-24)25(4,27-20-9-6-2)28-21-10-7-3/h23-24H,5-22H2,1-4H3. The second-order valence-electron chi connectivity index (χ2n) is 8.91. The minimum absolute atomic E-state index is 0.413. The van der Waals surface area contributed by atoms with Crippen molar-refractivity contribution < 1.29 is 14.2 Å². The van der Waals surface area contributed by atoms with Gasteiger partial charge < -0.3 is 14.2 Å². The van der Waals surface area contributed by atoms with Gasteiger partial charge in [0.05, 0.1) is 25.9 Å². The van der Waals surface area contributed by atoms with Crippen molar-refractivity contribution in [1.82, 2.24) is 0 Å². The van der Waals surface area contributed by atoms with Crippen molar-refractivity contribution in [1.29, 1.82) is 0 Å². The molecule has 0 saturated carbocycles. The molecule has 0 N–H and O–H groups in total. The largest absolute Gasteiger partial charge is 0.373 e. The first-order valence-electron chi connectivity index (χ1n) is 12.6. The van der Waals surface area contributed by atoms with E-state index in [-0.39, 0.29) is 0 Å². The molecule has 2 unspecified atom stereocenters. The van der Waals surface area contributed by atoms with Gasteiger partial charge in [-0.2, -0.15) is 0 Å². The van der Waals surface area contributed by atoms with Crippen molar-refractivity contribution >= 4 is 0 Å². The molecule has 0 amide bonds. The van der Waals surface area contributed by atoms with Crippen LogP contribution in [0, 0.1) is 5.92 Å². The molecule has 0 spiro atoms. The Kier molecular flexibility index (Phi) is 15.4. The predicted octanol–water partition coefficient (Wildman–Crippen LogP) is 7.66. The highest BCUT2D eigenvalue weighted by Gasteiger charge is 2.35. The Labute approximate surface area is 176 Å². The van der Waals surface area contributed by atoms with Crippen LogP contribution in [-0.4, -0.2) is 31.7 Å². The maximum absolute atomic E-state index is 6.42. The molecule has 3 heteroatoms. The van der Waals surface area contributed by atoms with Gasteiger partial charge in [0.25, 0.3) is 0 Å². The molecule has 3 nitrogen and oxygen atoms in total. The molecule has 1 saturated heterocycles. The van der Waals surface area contributed by atoms with Crippen LogP contribution >= 0.6 is 0 Å². The summed E-state index contributed by atoms with van der Waals surface area (Å²) in [7, 11) is 0. The highest BCUT2D eigenvalue weighted by Crippen LogP contribution is 2.34. The molecular formula is C25H50O3. The van der Waals surface area contributed by atoms with Crippen molar-refractivity contribution in [3.05, 3.63) is 0 Å². The van der Waals surface area contributed by atoms with E-state index in [1.807, 2.05) is 0 Å². The highest BCUT2D eigenvalue weighted by molar-refractivity contribution is 4.77. The molecule has 1 heterocycles. The van der Waals surface area contributed by atoms with E-state index in [9.17, 15) is 0 Å². The van der Waals surface area contributed by atoms with Crippen LogP contribution in [0.1, 0.15) is 124 Å². The summed E-state index contributed by atoms with van der Waals surface area (Å²) in [6.07, 6.45) is 19.5. The first-order valence-corrected chi connectivity index (χ1v) is 12.6. The molecule has 0 aromatic heterocycles. The summed E-state index contributed by atoms with van der Waals surface area (Å²) in [6.45, 7) is 11.6. The zero-order chi connectivity index (χ0) is 20.5. The molecule has 0 aliphatic carbocycles. The fourth-order valence-electron chi connectivity index (χ4n) is 3.95. The van der Waals surface area contributed by atoms with Crippen LogP contribution in [0.2, 0.25) is 0 Å². The van der Waals surface area contributed by atoms with Gasteiger partial charge in [-0.05, 0) is 39.0 Å². The third-order valence-electron chi connectivity index (χ3n) is 6.15. The second-order valence-corrected chi connectivity index (χ2v) is 8.91. The molecule has 0 bridgehead atoms. The van der Waals surface area contributed by atoms with Crippen molar-refractivity contribution in [2.24, 2.45) is 5.92 Å². The lowest BCUT2D eigenvalue weighted by Gasteiger charge is -2.38.